The van der Waals surface area contributed by atoms with E-state index in [1.807, 2.05) is 0 Å². The molecule has 8 nitrogen and oxygen atoms in total. The molecule has 0 unspecified atom stereocenters. The Morgan fingerprint density at radius 1 is 1.33 bits per heavy atom. The molecule has 1 aliphatic rings. The zero-order valence-corrected chi connectivity index (χ0v) is 11.5. The van der Waals surface area contributed by atoms with E-state index in [9.17, 15) is 9.59 Å². The van der Waals surface area contributed by atoms with Crippen LogP contribution < -0.4 is 10.9 Å². The molecule has 0 radical (unpaired) electrons. The van der Waals surface area contributed by atoms with Gasteiger partial charge in [-0.15, -0.1) is 0 Å². The quantitative estimate of drug-likeness (QED) is 0.789. The van der Waals surface area contributed by atoms with Gasteiger partial charge in [0.15, 0.2) is 0 Å². The van der Waals surface area contributed by atoms with Crippen LogP contribution in [0.1, 0.15) is 30.5 Å². The average molecular weight is 288 g/mol. The predicted molar refractivity (Wildman–Crippen MR) is 74.8 cm³/mol. The predicted octanol–water partition coefficient (Wildman–Crippen LogP) is 0.269. The molecule has 8 heteroatoms. The van der Waals surface area contributed by atoms with Gasteiger partial charge in [-0.05, 0) is 31.2 Å². The maximum absolute atomic E-state index is 12.0. The second-order valence-electron chi connectivity index (χ2n) is 5.06. The minimum absolute atomic E-state index is 0.132. The highest BCUT2D eigenvalue weighted by molar-refractivity contribution is 5.88. The number of hydrogen-bond donors (Lipinski definition) is 2. The summed E-state index contributed by atoms with van der Waals surface area (Å²) in [5.41, 5.74) is 1.70. The summed E-state index contributed by atoms with van der Waals surface area (Å²) < 4.78 is 1.20. The van der Waals surface area contributed by atoms with Crippen LogP contribution in [0.25, 0.3) is 0 Å². The number of aromatic nitrogens is 5. The van der Waals surface area contributed by atoms with Crippen molar-refractivity contribution in [3.8, 4) is 0 Å². The summed E-state index contributed by atoms with van der Waals surface area (Å²) in [7, 11) is 0. The van der Waals surface area contributed by atoms with E-state index >= 15 is 0 Å². The van der Waals surface area contributed by atoms with Crippen molar-refractivity contribution in [3.05, 3.63) is 34.0 Å². The molecule has 1 aliphatic carbocycles. The van der Waals surface area contributed by atoms with Gasteiger partial charge in [0.1, 0.15) is 12.9 Å². The summed E-state index contributed by atoms with van der Waals surface area (Å²) in [5.74, 6) is -0.113. The van der Waals surface area contributed by atoms with Crippen LogP contribution in [0.2, 0.25) is 0 Å². The largest absolute Gasteiger partial charge is 0.293 e. The minimum atomic E-state index is -0.366. The molecule has 2 N–H and O–H groups in total. The fraction of sp³-hybridized carbons (Fsp3) is 0.462. The van der Waals surface area contributed by atoms with E-state index in [0.717, 1.165) is 43.4 Å². The van der Waals surface area contributed by atoms with Gasteiger partial charge in [-0.3, -0.25) is 14.9 Å². The number of amides is 1. The number of aromatic amines is 1. The Bertz CT molecular complexity index is 691. The number of H-pyrrole nitrogens is 1. The summed E-state index contributed by atoms with van der Waals surface area (Å²) in [6.45, 7) is -0.132. The van der Waals surface area contributed by atoms with Gasteiger partial charge < -0.3 is 0 Å². The molecular weight excluding hydrogens is 272 g/mol. The van der Waals surface area contributed by atoms with Crippen molar-refractivity contribution in [3.63, 3.8) is 0 Å². The van der Waals surface area contributed by atoms with Crippen molar-refractivity contribution >= 4 is 11.9 Å². The zero-order valence-electron chi connectivity index (χ0n) is 11.5. The first-order chi connectivity index (χ1) is 10.2. The van der Waals surface area contributed by atoms with Gasteiger partial charge in [0.05, 0.1) is 5.69 Å². The first-order valence-electron chi connectivity index (χ1n) is 6.97. The van der Waals surface area contributed by atoms with Gasteiger partial charge in [0, 0.05) is 6.07 Å². The number of aryl methyl sites for hydroxylation is 2. The van der Waals surface area contributed by atoms with Crippen molar-refractivity contribution in [1.82, 2.24) is 25.0 Å². The summed E-state index contributed by atoms with van der Waals surface area (Å²) in [5, 5.41) is 13.0. The monoisotopic (exact) mass is 288 g/mol. The Kier molecular flexibility index (Phi) is 3.76. The molecule has 2 aromatic heterocycles. The van der Waals surface area contributed by atoms with E-state index in [-0.39, 0.29) is 24.0 Å². The number of hydrogen-bond acceptors (Lipinski definition) is 5. The number of anilines is 1. The summed E-state index contributed by atoms with van der Waals surface area (Å²) in [6.07, 6.45) is 6.35. The number of nitrogens with zero attached hydrogens (tertiary/aromatic N) is 4. The molecule has 21 heavy (non-hydrogen) atoms. The first kappa shape index (κ1) is 13.5. The van der Waals surface area contributed by atoms with Crippen LogP contribution in [0.15, 0.2) is 17.2 Å². The van der Waals surface area contributed by atoms with Gasteiger partial charge >= 0.3 is 0 Å². The number of fused-ring (bicyclic) bond motifs is 1. The standard InChI is InChI=1S/C13H16N6O2/c20-11(16-13-14-8-15-17-13)7-19-12(21)6-9-4-2-1-3-5-10(9)18-19/h6,8H,1-5,7H2,(H2,14,15,16,17,20). The van der Waals surface area contributed by atoms with Gasteiger partial charge in [-0.1, -0.05) is 6.42 Å². The molecule has 0 bridgehead atoms. The lowest BCUT2D eigenvalue weighted by Crippen LogP contribution is -2.31. The first-order valence-corrected chi connectivity index (χ1v) is 6.97. The Labute approximate surface area is 120 Å². The van der Waals surface area contributed by atoms with Crippen molar-refractivity contribution in [2.75, 3.05) is 5.32 Å². The normalized spacial score (nSPS) is 14.3. The number of carbonyl (C=O) groups is 1. The Morgan fingerprint density at radius 3 is 3.00 bits per heavy atom. The van der Waals surface area contributed by atoms with Crippen molar-refractivity contribution < 1.29 is 4.79 Å². The molecule has 0 atom stereocenters. The molecule has 0 saturated carbocycles. The van der Waals surface area contributed by atoms with Gasteiger partial charge in [0.25, 0.3) is 5.56 Å². The molecular formula is C13H16N6O2. The van der Waals surface area contributed by atoms with Crippen molar-refractivity contribution in [2.24, 2.45) is 0 Å². The topological polar surface area (TPSA) is 106 Å². The van der Waals surface area contributed by atoms with E-state index < -0.39 is 0 Å². The van der Waals surface area contributed by atoms with Crippen LogP contribution in [0, 0.1) is 0 Å². The van der Waals surface area contributed by atoms with Gasteiger partial charge in [-0.25, -0.2) is 9.78 Å². The molecule has 0 aromatic carbocycles. The molecule has 110 valence electrons. The van der Waals surface area contributed by atoms with Crippen LogP contribution in [0.3, 0.4) is 0 Å². The summed E-state index contributed by atoms with van der Waals surface area (Å²) in [4.78, 5) is 27.7. The van der Waals surface area contributed by atoms with Gasteiger partial charge in [-0.2, -0.15) is 15.2 Å². The maximum Gasteiger partial charge on any atom is 0.267 e. The molecule has 0 fully saturated rings. The lowest BCUT2D eigenvalue weighted by Gasteiger charge is -2.09. The van der Waals surface area contributed by atoms with E-state index in [0.29, 0.717) is 0 Å². The van der Waals surface area contributed by atoms with E-state index in [2.05, 4.69) is 25.6 Å². The lowest BCUT2D eigenvalue weighted by molar-refractivity contribution is -0.117. The lowest BCUT2D eigenvalue weighted by atomic mass is 10.1. The minimum Gasteiger partial charge on any atom is -0.293 e. The summed E-state index contributed by atoms with van der Waals surface area (Å²) >= 11 is 0. The Morgan fingerprint density at radius 2 is 2.19 bits per heavy atom. The van der Waals surface area contributed by atoms with Crippen LogP contribution in [0.5, 0.6) is 0 Å². The summed E-state index contributed by atoms with van der Waals surface area (Å²) in [6, 6.07) is 1.61. The fourth-order valence-corrected chi connectivity index (χ4v) is 2.46. The number of carbonyl (C=O) groups excluding carboxylic acids is 1. The molecule has 0 aliphatic heterocycles. The third kappa shape index (κ3) is 3.15. The number of nitrogens with one attached hydrogen (secondary N) is 2. The molecule has 0 saturated heterocycles. The number of rotatable bonds is 3. The molecule has 3 rings (SSSR count). The zero-order chi connectivity index (χ0) is 14.7. The van der Waals surface area contributed by atoms with Crippen LogP contribution in [-0.4, -0.2) is 30.9 Å². The van der Waals surface area contributed by atoms with Crippen LogP contribution in [0.4, 0.5) is 5.95 Å². The SMILES string of the molecule is O=C(Cn1nc2c(cc1=O)CCCCC2)Nc1ncn[nH]1. The van der Waals surface area contributed by atoms with E-state index in [4.69, 9.17) is 0 Å². The second kappa shape index (κ2) is 5.86. The fourth-order valence-electron chi connectivity index (χ4n) is 2.46. The third-order valence-corrected chi connectivity index (χ3v) is 3.49. The van der Waals surface area contributed by atoms with Crippen LogP contribution in [-0.2, 0) is 24.2 Å². The molecule has 1 amide bonds. The Balaban J connectivity index is 1.77. The molecule has 2 aromatic rings. The van der Waals surface area contributed by atoms with Gasteiger partial charge in [0.2, 0.25) is 11.9 Å². The van der Waals surface area contributed by atoms with Crippen molar-refractivity contribution in [2.45, 2.75) is 38.6 Å². The highest BCUT2D eigenvalue weighted by Crippen LogP contribution is 2.16. The molecule has 0 spiro atoms. The molecule has 2 heterocycles. The van der Waals surface area contributed by atoms with E-state index in [1.54, 1.807) is 6.07 Å². The highest BCUT2D eigenvalue weighted by atomic mass is 16.2. The second-order valence-corrected chi connectivity index (χ2v) is 5.06. The van der Waals surface area contributed by atoms with Crippen molar-refractivity contribution in [1.29, 1.82) is 0 Å². The van der Waals surface area contributed by atoms with Crippen LogP contribution >= 0.6 is 0 Å². The maximum atomic E-state index is 12.0. The average Bonchev–Trinajstić information content (AvgIpc) is 2.85. The smallest absolute Gasteiger partial charge is 0.267 e. The third-order valence-electron chi connectivity index (χ3n) is 3.49. The Hall–Kier alpha value is -2.51. The van der Waals surface area contributed by atoms with E-state index in [1.165, 1.54) is 11.0 Å². The highest BCUT2D eigenvalue weighted by Gasteiger charge is 2.14.